The van der Waals surface area contributed by atoms with E-state index >= 15 is 0 Å². The molecule has 0 bridgehead atoms. The van der Waals surface area contributed by atoms with Crippen LogP contribution < -0.4 is 9.80 Å². The maximum atomic E-state index is 5.29. The van der Waals surface area contributed by atoms with Crippen molar-refractivity contribution >= 4 is 55.9 Å². The number of anilines is 6. The Morgan fingerprint density at radius 2 is 0.586 bits per heavy atom. The first kappa shape index (κ1) is 57.5. The quantitative estimate of drug-likeness (QED) is 0.0965. The minimum absolute atomic E-state index is 0.429. The van der Waals surface area contributed by atoms with E-state index in [1.165, 1.54) is 97.6 Å². The number of hydrogen-bond donors (Lipinski definition) is 0. The lowest BCUT2D eigenvalue weighted by atomic mass is 9.84. The van der Waals surface area contributed by atoms with Crippen LogP contribution in [-0.2, 0) is 0 Å². The fourth-order valence-electron chi connectivity index (χ4n) is 13.7. The number of fused-ring (bicyclic) bond motifs is 3. The van der Waals surface area contributed by atoms with Gasteiger partial charge in [0.15, 0.2) is 17.5 Å². The minimum Gasteiger partial charge on any atom is -0.310 e. The molecule has 2 heterocycles. The Morgan fingerprint density at radius 3 is 0.874 bits per heavy atom. The number of hydrogen-bond acceptors (Lipinski definition) is 5. The topological polar surface area (TPSA) is 50.1 Å². The Bertz CT molecular complexity index is 3780. The molecule has 2 aliphatic rings. The first-order chi connectivity index (χ1) is 42.4. The van der Waals surface area contributed by atoms with Crippen molar-refractivity contribution in [2.24, 2.45) is 0 Å². The molecule has 0 N–H and O–H groups in total. The molecule has 2 aliphatic carbocycles. The second kappa shape index (κ2) is 25.0. The number of aromatic nitrogens is 4. The molecule has 438 valence electrons. The van der Waals surface area contributed by atoms with Gasteiger partial charge in [0, 0.05) is 67.3 Å². The summed E-state index contributed by atoms with van der Waals surface area (Å²) in [6, 6.07) is 77.7. The fraction of sp³-hybridized carbons (Fsp3) is 0.296. The van der Waals surface area contributed by atoms with Gasteiger partial charge in [-0.3, -0.25) is 0 Å². The van der Waals surface area contributed by atoms with Crippen molar-refractivity contribution in [3.63, 3.8) is 0 Å². The van der Waals surface area contributed by atoms with Crippen molar-refractivity contribution < 1.29 is 0 Å². The van der Waals surface area contributed by atoms with E-state index in [4.69, 9.17) is 15.0 Å². The minimum atomic E-state index is 0.429. The highest BCUT2D eigenvalue weighted by molar-refractivity contribution is 6.12. The van der Waals surface area contributed by atoms with Crippen LogP contribution in [0.3, 0.4) is 0 Å². The Balaban J connectivity index is 0.953. The summed E-state index contributed by atoms with van der Waals surface area (Å²) in [6.45, 7) is 18.1. The van der Waals surface area contributed by atoms with E-state index in [2.05, 4.69) is 276 Å². The second-order valence-corrected chi connectivity index (χ2v) is 26.2. The average Bonchev–Trinajstić information content (AvgIpc) is 1.91. The molecule has 13 rings (SSSR count). The van der Waals surface area contributed by atoms with Crippen LogP contribution in [0, 0.1) is 0 Å². The lowest BCUT2D eigenvalue weighted by molar-refractivity contribution is 0.443. The van der Waals surface area contributed by atoms with Gasteiger partial charge in [0.1, 0.15) is 0 Å². The molecule has 6 nitrogen and oxygen atoms in total. The summed E-state index contributed by atoms with van der Waals surface area (Å²) >= 11 is 0. The molecule has 87 heavy (non-hydrogen) atoms. The van der Waals surface area contributed by atoms with Gasteiger partial charge in [-0.05, 0) is 204 Å². The summed E-state index contributed by atoms with van der Waals surface area (Å²) in [7, 11) is 0. The Labute approximate surface area is 517 Å². The van der Waals surface area contributed by atoms with E-state index in [0.29, 0.717) is 53.0 Å². The molecule has 0 spiro atoms. The third-order valence-electron chi connectivity index (χ3n) is 19.0. The van der Waals surface area contributed by atoms with Gasteiger partial charge in [-0.15, -0.1) is 0 Å². The van der Waals surface area contributed by atoms with Crippen molar-refractivity contribution in [3.8, 4) is 39.9 Å². The maximum Gasteiger partial charge on any atom is 0.164 e. The van der Waals surface area contributed by atoms with Crippen molar-refractivity contribution in [1.82, 2.24) is 19.5 Å². The van der Waals surface area contributed by atoms with Crippen LogP contribution in [-0.4, -0.2) is 19.5 Å². The third-order valence-corrected chi connectivity index (χ3v) is 19.0. The van der Waals surface area contributed by atoms with Crippen LogP contribution in [0.25, 0.3) is 61.7 Å². The van der Waals surface area contributed by atoms with E-state index in [9.17, 15) is 0 Å². The summed E-state index contributed by atoms with van der Waals surface area (Å²) in [5, 5.41) is 2.33. The highest BCUT2D eigenvalue weighted by Crippen LogP contribution is 2.45. The Hall–Kier alpha value is -8.61. The van der Waals surface area contributed by atoms with Crippen molar-refractivity contribution in [3.05, 3.63) is 240 Å². The summed E-state index contributed by atoms with van der Waals surface area (Å²) in [5.41, 5.74) is 21.1. The van der Waals surface area contributed by atoms with Gasteiger partial charge in [0.05, 0.1) is 11.0 Å². The predicted molar refractivity (Wildman–Crippen MR) is 368 cm³/mol. The van der Waals surface area contributed by atoms with E-state index < -0.39 is 0 Å². The Morgan fingerprint density at radius 1 is 0.310 bits per heavy atom. The molecule has 0 radical (unpaired) electrons. The van der Waals surface area contributed by atoms with Crippen LogP contribution in [0.15, 0.2) is 206 Å². The Kier molecular flexibility index (Phi) is 16.5. The van der Waals surface area contributed by atoms with Crippen molar-refractivity contribution in [2.75, 3.05) is 9.80 Å². The zero-order valence-corrected chi connectivity index (χ0v) is 52.3. The molecule has 2 aromatic heterocycles. The molecule has 0 atom stereocenters. The molecule has 9 aromatic carbocycles. The fourth-order valence-corrected chi connectivity index (χ4v) is 13.7. The lowest BCUT2D eigenvalue weighted by Crippen LogP contribution is -2.10. The van der Waals surface area contributed by atoms with E-state index in [-0.39, 0.29) is 0 Å². The van der Waals surface area contributed by atoms with Crippen LogP contribution >= 0.6 is 0 Å². The first-order valence-electron chi connectivity index (χ1n) is 32.6. The van der Waals surface area contributed by atoms with Gasteiger partial charge in [-0.25, -0.2) is 15.0 Å². The normalized spacial score (nSPS) is 14.3. The second-order valence-electron chi connectivity index (χ2n) is 26.2. The summed E-state index contributed by atoms with van der Waals surface area (Å²) in [5.74, 6) is 5.03. The van der Waals surface area contributed by atoms with Crippen molar-refractivity contribution in [1.29, 1.82) is 0 Å². The summed E-state index contributed by atoms with van der Waals surface area (Å²) in [6.07, 6.45) is 13.0. The highest BCUT2D eigenvalue weighted by Gasteiger charge is 2.24. The molecule has 0 unspecified atom stereocenters. The molecule has 0 amide bonds. The zero-order valence-electron chi connectivity index (χ0n) is 52.3. The van der Waals surface area contributed by atoms with Gasteiger partial charge >= 0.3 is 0 Å². The maximum absolute atomic E-state index is 5.29. The number of nitrogens with zero attached hydrogens (tertiary/aromatic N) is 6. The molecular formula is C81H84N6. The van der Waals surface area contributed by atoms with Gasteiger partial charge < -0.3 is 14.4 Å². The molecular weight excluding hydrogens is 1060 g/mol. The van der Waals surface area contributed by atoms with E-state index in [1.54, 1.807) is 0 Å². The van der Waals surface area contributed by atoms with Crippen LogP contribution in [0.4, 0.5) is 34.1 Å². The van der Waals surface area contributed by atoms with Gasteiger partial charge in [-0.1, -0.05) is 191 Å². The predicted octanol–water partition coefficient (Wildman–Crippen LogP) is 23.5. The van der Waals surface area contributed by atoms with Crippen LogP contribution in [0.1, 0.15) is 188 Å². The van der Waals surface area contributed by atoms with E-state index in [1.807, 2.05) is 0 Å². The van der Waals surface area contributed by atoms with Crippen LogP contribution in [0.2, 0.25) is 0 Å². The molecule has 11 aromatic rings. The molecule has 0 aliphatic heterocycles. The largest absolute Gasteiger partial charge is 0.310 e. The van der Waals surface area contributed by atoms with Gasteiger partial charge in [-0.2, -0.15) is 0 Å². The SMILES string of the molecule is CC(C)c1ccc(N(c2ccc(C(C)C)cc2)c2ccc3c(c2)c2cc(N(c4ccc(C(C)C)cc4)c4ccc(C(C)C)cc4)ccc2n3-c2ccc(-c3nc(-c4ccc(C5CCCCC5)cc4)nc(-c4ccc(C5CCCCC5)cc4)n3)cc2)cc1. The van der Waals surface area contributed by atoms with Crippen LogP contribution in [0.5, 0.6) is 0 Å². The molecule has 2 fully saturated rings. The zero-order chi connectivity index (χ0) is 59.7. The smallest absolute Gasteiger partial charge is 0.164 e. The molecule has 2 saturated carbocycles. The number of benzene rings is 9. The molecule has 0 saturated heterocycles. The average molecular weight is 1140 g/mol. The van der Waals surface area contributed by atoms with Gasteiger partial charge in [0.25, 0.3) is 0 Å². The standard InChI is InChI=1S/C81H84N6/c1-53(2)57-27-37-68(38-28-57)85(69-39-29-58(30-40-69)54(3)4)73-47-49-77-75(51-73)76-52-74(86(70-41-31-59(32-42-70)55(5)6)71-43-33-60(34-44-71)56(7)8)48-50-78(76)87(77)72-45-35-67(36-46-72)81-83-79(65-23-19-63(20-24-65)61-15-11-9-12-16-61)82-80(84-81)66-25-21-64(22-26-66)62-17-13-10-14-18-62/h19-56,61-62H,9-18H2,1-8H3. The third kappa shape index (κ3) is 12.0. The van der Waals surface area contributed by atoms with Gasteiger partial charge in [0.2, 0.25) is 0 Å². The summed E-state index contributed by atoms with van der Waals surface area (Å²) < 4.78 is 2.44. The lowest BCUT2D eigenvalue weighted by Gasteiger charge is -2.27. The molecule has 6 heteroatoms. The van der Waals surface area contributed by atoms with Crippen molar-refractivity contribution in [2.45, 2.75) is 155 Å². The first-order valence-corrected chi connectivity index (χ1v) is 32.6. The highest BCUT2D eigenvalue weighted by atomic mass is 15.2. The summed E-state index contributed by atoms with van der Waals surface area (Å²) in [4.78, 5) is 20.7. The number of rotatable bonds is 16. The van der Waals surface area contributed by atoms with E-state index in [0.717, 1.165) is 78.3 Å². The monoisotopic (exact) mass is 1140 g/mol.